The molecule has 3 nitrogen and oxygen atoms in total. The van der Waals surface area contributed by atoms with Crippen molar-refractivity contribution in [3.8, 4) is 0 Å². The molecule has 0 amide bonds. The highest BCUT2D eigenvalue weighted by Crippen LogP contribution is 2.30. The molecular formula is C22H22ClNO2S2. The van der Waals surface area contributed by atoms with Crippen LogP contribution in [0.15, 0.2) is 82.6 Å². The fraction of sp³-hybridized carbons (Fsp3) is 0.182. The summed E-state index contributed by atoms with van der Waals surface area (Å²) in [6.45, 7) is 3.96. The Morgan fingerprint density at radius 1 is 0.893 bits per heavy atom. The zero-order valence-electron chi connectivity index (χ0n) is 15.7. The number of aryl methyl sites for hydroxylation is 2. The van der Waals surface area contributed by atoms with Crippen molar-refractivity contribution in [3.05, 3.63) is 94.5 Å². The molecule has 0 spiro atoms. The predicted molar refractivity (Wildman–Crippen MR) is 118 cm³/mol. The third-order valence-corrected chi connectivity index (χ3v) is 7.28. The Morgan fingerprint density at radius 2 is 1.46 bits per heavy atom. The second-order valence-corrected chi connectivity index (χ2v) is 9.85. The summed E-state index contributed by atoms with van der Waals surface area (Å²) in [5.41, 5.74) is 2.96. The van der Waals surface area contributed by atoms with E-state index in [0.29, 0.717) is 10.8 Å². The lowest BCUT2D eigenvalue weighted by atomic mass is 10.1. The molecule has 0 bridgehead atoms. The lowest BCUT2D eigenvalue weighted by Crippen LogP contribution is -2.30. The monoisotopic (exact) mass is 431 g/mol. The van der Waals surface area contributed by atoms with Gasteiger partial charge in [-0.15, -0.1) is 11.8 Å². The largest absolute Gasteiger partial charge is 0.241 e. The number of halogens is 1. The third kappa shape index (κ3) is 5.39. The maximum Gasteiger partial charge on any atom is 0.241 e. The van der Waals surface area contributed by atoms with Crippen LogP contribution in [0.5, 0.6) is 0 Å². The van der Waals surface area contributed by atoms with E-state index in [1.54, 1.807) is 42.1 Å². The predicted octanol–water partition coefficient (Wildman–Crippen LogP) is 5.77. The summed E-state index contributed by atoms with van der Waals surface area (Å²) in [6.07, 6.45) is 0. The first-order valence-electron chi connectivity index (χ1n) is 8.88. The minimum atomic E-state index is -3.67. The van der Waals surface area contributed by atoms with E-state index in [4.69, 9.17) is 11.6 Å². The van der Waals surface area contributed by atoms with Gasteiger partial charge in [0.25, 0.3) is 0 Å². The first kappa shape index (κ1) is 20.9. The van der Waals surface area contributed by atoms with Gasteiger partial charge in [0.15, 0.2) is 0 Å². The highest BCUT2D eigenvalue weighted by atomic mass is 35.5. The summed E-state index contributed by atoms with van der Waals surface area (Å²) in [5, 5.41) is 0.545. The molecule has 0 saturated heterocycles. The molecule has 1 N–H and O–H groups in total. The average Bonchev–Trinajstić information content (AvgIpc) is 2.67. The molecule has 6 heteroatoms. The molecule has 0 aliphatic rings. The minimum Gasteiger partial charge on any atom is -0.207 e. The Balaban J connectivity index is 1.86. The average molecular weight is 432 g/mol. The molecule has 0 aliphatic carbocycles. The van der Waals surface area contributed by atoms with Gasteiger partial charge in [-0.3, -0.25) is 0 Å². The fourth-order valence-corrected chi connectivity index (χ4v) is 5.27. The standard InChI is InChI=1S/C22H22ClNO2S2/c1-16-7-11-18(12-8-16)27-15-22(20-5-3-4-6-21(20)23)24-28(25,26)19-13-9-17(2)10-14-19/h3-14,22,24H,15H2,1-2H3. The van der Waals surface area contributed by atoms with Gasteiger partial charge < -0.3 is 0 Å². The zero-order chi connectivity index (χ0) is 20.1. The molecule has 3 aromatic rings. The zero-order valence-corrected chi connectivity index (χ0v) is 18.1. The first-order chi connectivity index (χ1) is 13.3. The van der Waals surface area contributed by atoms with Crippen LogP contribution in [0.2, 0.25) is 5.02 Å². The first-order valence-corrected chi connectivity index (χ1v) is 11.7. The lowest BCUT2D eigenvalue weighted by Gasteiger charge is -2.20. The van der Waals surface area contributed by atoms with Crippen LogP contribution in [0.25, 0.3) is 0 Å². The van der Waals surface area contributed by atoms with Crippen molar-refractivity contribution in [1.29, 1.82) is 0 Å². The van der Waals surface area contributed by atoms with E-state index >= 15 is 0 Å². The van der Waals surface area contributed by atoms with E-state index in [-0.39, 0.29) is 4.90 Å². The summed E-state index contributed by atoms with van der Waals surface area (Å²) >= 11 is 7.97. The second kappa shape index (κ2) is 9.14. The molecule has 3 aromatic carbocycles. The number of sulfonamides is 1. The number of rotatable bonds is 7. The van der Waals surface area contributed by atoms with Crippen LogP contribution in [0.3, 0.4) is 0 Å². The highest BCUT2D eigenvalue weighted by Gasteiger charge is 2.23. The minimum absolute atomic E-state index is 0.246. The highest BCUT2D eigenvalue weighted by molar-refractivity contribution is 7.99. The number of thioether (sulfide) groups is 1. The number of benzene rings is 3. The van der Waals surface area contributed by atoms with Crippen molar-refractivity contribution in [1.82, 2.24) is 4.72 Å². The summed E-state index contributed by atoms with van der Waals surface area (Å²) in [4.78, 5) is 1.33. The van der Waals surface area contributed by atoms with Crippen LogP contribution in [-0.2, 0) is 10.0 Å². The normalized spacial score (nSPS) is 12.7. The van der Waals surface area contributed by atoms with Crippen molar-refractivity contribution in [2.24, 2.45) is 0 Å². The van der Waals surface area contributed by atoms with E-state index in [9.17, 15) is 8.42 Å². The third-order valence-electron chi connectivity index (χ3n) is 4.35. The van der Waals surface area contributed by atoms with Gasteiger partial charge in [0.2, 0.25) is 10.0 Å². The van der Waals surface area contributed by atoms with Crippen LogP contribution < -0.4 is 4.72 Å². The number of hydrogen-bond acceptors (Lipinski definition) is 3. The maximum absolute atomic E-state index is 12.9. The summed E-state index contributed by atoms with van der Waals surface area (Å²) in [7, 11) is -3.67. The Morgan fingerprint density at radius 3 is 2.07 bits per heavy atom. The molecule has 0 saturated carbocycles. The molecule has 0 aromatic heterocycles. The van der Waals surface area contributed by atoms with Gasteiger partial charge in [-0.2, -0.15) is 0 Å². The topological polar surface area (TPSA) is 46.2 Å². The second-order valence-electron chi connectivity index (χ2n) is 6.63. The molecule has 3 rings (SSSR count). The molecular weight excluding hydrogens is 410 g/mol. The van der Waals surface area contributed by atoms with Crippen molar-refractivity contribution in [2.45, 2.75) is 29.7 Å². The molecule has 28 heavy (non-hydrogen) atoms. The smallest absolute Gasteiger partial charge is 0.207 e. The molecule has 1 atom stereocenters. The quantitative estimate of drug-likeness (QED) is 0.483. The Bertz CT molecular complexity index is 1030. The van der Waals surface area contributed by atoms with Crippen LogP contribution in [0.4, 0.5) is 0 Å². The Labute approximate surface area is 176 Å². The molecule has 0 fully saturated rings. The van der Waals surface area contributed by atoms with Gasteiger partial charge in [-0.25, -0.2) is 13.1 Å². The molecule has 146 valence electrons. The van der Waals surface area contributed by atoms with Gasteiger partial charge in [0, 0.05) is 15.7 Å². The fourth-order valence-electron chi connectivity index (χ4n) is 2.73. The molecule has 0 aliphatic heterocycles. The van der Waals surface area contributed by atoms with Gasteiger partial charge in [-0.05, 0) is 49.7 Å². The van der Waals surface area contributed by atoms with Crippen LogP contribution in [0, 0.1) is 13.8 Å². The molecule has 0 radical (unpaired) electrons. The van der Waals surface area contributed by atoms with Gasteiger partial charge in [0.1, 0.15) is 0 Å². The Kier molecular flexibility index (Phi) is 6.83. The maximum atomic E-state index is 12.9. The van der Waals surface area contributed by atoms with E-state index < -0.39 is 16.1 Å². The number of nitrogens with one attached hydrogen (secondary N) is 1. The van der Waals surface area contributed by atoms with Crippen LogP contribution in [0.1, 0.15) is 22.7 Å². The van der Waals surface area contributed by atoms with Gasteiger partial charge in [-0.1, -0.05) is 65.2 Å². The summed E-state index contributed by atoms with van der Waals surface area (Å²) < 4.78 is 28.7. The molecule has 1 unspecified atom stereocenters. The van der Waals surface area contributed by atoms with Crippen LogP contribution in [-0.4, -0.2) is 14.2 Å². The van der Waals surface area contributed by atoms with Gasteiger partial charge >= 0.3 is 0 Å². The van der Waals surface area contributed by atoms with Crippen molar-refractivity contribution in [2.75, 3.05) is 5.75 Å². The van der Waals surface area contributed by atoms with Crippen LogP contribution >= 0.6 is 23.4 Å². The number of hydrogen-bond donors (Lipinski definition) is 1. The Hall–Kier alpha value is -1.79. The summed E-state index contributed by atoms with van der Waals surface area (Å²) in [5.74, 6) is 0.526. The van der Waals surface area contributed by atoms with Gasteiger partial charge in [0.05, 0.1) is 10.9 Å². The van der Waals surface area contributed by atoms with Crippen molar-refractivity contribution in [3.63, 3.8) is 0 Å². The van der Waals surface area contributed by atoms with Crippen molar-refractivity contribution < 1.29 is 8.42 Å². The van der Waals surface area contributed by atoms with E-state index in [2.05, 4.69) is 4.72 Å². The lowest BCUT2D eigenvalue weighted by molar-refractivity contribution is 0.568. The van der Waals surface area contributed by atoms with E-state index in [1.165, 1.54) is 5.56 Å². The van der Waals surface area contributed by atoms with E-state index in [1.807, 2.05) is 56.3 Å². The van der Waals surface area contributed by atoms with Crippen molar-refractivity contribution >= 4 is 33.4 Å². The SMILES string of the molecule is Cc1ccc(SCC(NS(=O)(=O)c2ccc(C)cc2)c2ccccc2Cl)cc1. The molecule has 0 heterocycles. The van der Waals surface area contributed by atoms with E-state index in [0.717, 1.165) is 16.0 Å². The summed E-state index contributed by atoms with van der Waals surface area (Å²) in [6, 6.07) is 21.9.